The second-order valence-corrected chi connectivity index (χ2v) is 13.0. The molecule has 14 nitrogen and oxygen atoms in total. The summed E-state index contributed by atoms with van der Waals surface area (Å²) >= 11 is 5.44. The first kappa shape index (κ1) is 36.8. The van der Waals surface area contributed by atoms with Gasteiger partial charge in [0, 0.05) is 0 Å². The van der Waals surface area contributed by atoms with E-state index in [9.17, 15) is 47.7 Å². The lowest BCUT2D eigenvalue weighted by Crippen LogP contribution is -2.48. The van der Waals surface area contributed by atoms with Crippen LogP contribution in [0.25, 0.3) is 0 Å². The summed E-state index contributed by atoms with van der Waals surface area (Å²) in [5, 5.41) is 36.3. The Balaban J connectivity index is 3.23. The predicted molar refractivity (Wildman–Crippen MR) is 142 cm³/mol. The summed E-state index contributed by atoms with van der Waals surface area (Å²) in [6.07, 6.45) is -11.7. The highest BCUT2D eigenvalue weighted by atomic mass is 32.4. The quantitative estimate of drug-likeness (QED) is 0.104. The zero-order valence-corrected chi connectivity index (χ0v) is 24.8. The Kier molecular flexibility index (Phi) is 14.3. The average molecular weight is 637 g/mol. The van der Waals surface area contributed by atoms with Crippen LogP contribution >= 0.6 is 6.57 Å². The van der Waals surface area contributed by atoms with Crippen LogP contribution in [0.4, 0.5) is 13.2 Å². The summed E-state index contributed by atoms with van der Waals surface area (Å²) in [6, 6.07) is -2.32. The van der Waals surface area contributed by atoms with Gasteiger partial charge in [0.15, 0.2) is 12.8 Å². The van der Waals surface area contributed by atoms with E-state index in [0.717, 1.165) is 0 Å². The van der Waals surface area contributed by atoms with Gasteiger partial charge in [-0.1, -0.05) is 0 Å². The molecule has 19 heteroatoms. The molecule has 0 amide bonds. The minimum Gasteiger partial charge on any atom is -0.462 e. The molecule has 1 aromatic rings. The van der Waals surface area contributed by atoms with Crippen LogP contribution in [0, 0.1) is 11.7 Å². The molecule has 0 aliphatic carbocycles. The lowest BCUT2D eigenvalue weighted by atomic mass is 9.98. The van der Waals surface area contributed by atoms with Gasteiger partial charge in [0.1, 0.15) is 18.2 Å². The van der Waals surface area contributed by atoms with E-state index in [0.29, 0.717) is 0 Å². The second kappa shape index (κ2) is 15.9. The van der Waals surface area contributed by atoms with E-state index in [-0.39, 0.29) is 10.8 Å². The van der Waals surface area contributed by atoms with Crippen LogP contribution in [0.1, 0.15) is 47.8 Å². The Labute approximate surface area is 238 Å². The standard InChI is InChI=1S/C22H36F3N4O10PS/c1-9(2)38-20(34)11(5)27-40(41,28-12(6)21(35)39-10(3)4)37-8-13(17(24)25)15(30)16(31)19(33)29-7-14(23)18(32)26-22(29)36/h7,9-13,15-17,19,30-31,33H,8H2,1-6H3,(H,26,32,36)(H2,27,28,41). The number of aromatic amines is 1. The van der Waals surface area contributed by atoms with Crippen LogP contribution < -0.4 is 21.4 Å². The summed E-state index contributed by atoms with van der Waals surface area (Å²) in [4.78, 5) is 49.3. The maximum absolute atomic E-state index is 14.0. The normalized spacial score (nSPS) is 17.9. The first-order valence-electron chi connectivity index (χ1n) is 12.3. The van der Waals surface area contributed by atoms with Crippen molar-refractivity contribution in [2.24, 2.45) is 5.92 Å². The maximum atomic E-state index is 14.0. The van der Waals surface area contributed by atoms with Gasteiger partial charge < -0.3 is 29.3 Å². The number of ether oxygens (including phenoxy) is 2. The SMILES string of the molecule is CC(C)OC(=O)C(C)NP(=S)(NC(C)C(=O)OC(C)C)OCC(C(F)F)C(O)C(O)C(O)n1cc(F)c(=O)[nH]c1=O. The van der Waals surface area contributed by atoms with Gasteiger partial charge >= 0.3 is 17.6 Å². The van der Waals surface area contributed by atoms with Crippen molar-refractivity contribution in [1.29, 1.82) is 0 Å². The number of hydrogen-bond acceptors (Lipinski definition) is 11. The third-order valence-electron chi connectivity index (χ3n) is 5.21. The van der Waals surface area contributed by atoms with Crippen molar-refractivity contribution in [2.45, 2.75) is 90.7 Å². The van der Waals surface area contributed by atoms with Gasteiger partial charge in [-0.2, -0.15) is 4.39 Å². The lowest BCUT2D eigenvalue weighted by molar-refractivity contribution is -0.149. The molecule has 0 spiro atoms. The molecule has 0 aromatic carbocycles. The molecule has 1 heterocycles. The van der Waals surface area contributed by atoms with Crippen molar-refractivity contribution in [1.82, 2.24) is 19.7 Å². The third kappa shape index (κ3) is 11.2. The van der Waals surface area contributed by atoms with Gasteiger partial charge in [0.05, 0.1) is 37.0 Å². The number of aromatic nitrogens is 2. The molecule has 0 saturated carbocycles. The van der Waals surface area contributed by atoms with Gasteiger partial charge in [-0.15, -0.1) is 0 Å². The number of H-pyrrole nitrogens is 1. The van der Waals surface area contributed by atoms with Crippen LogP contribution in [-0.2, 0) is 35.4 Å². The Hall–Kier alpha value is -2.18. The number of rotatable bonds is 16. The molecule has 6 N–H and O–H groups in total. The minimum absolute atomic E-state index is 0.0888. The number of carbonyl (C=O) groups is 2. The Morgan fingerprint density at radius 3 is 1.85 bits per heavy atom. The van der Waals surface area contributed by atoms with Crippen LogP contribution in [0.3, 0.4) is 0 Å². The minimum atomic E-state index is -3.79. The summed E-state index contributed by atoms with van der Waals surface area (Å²) in [5.74, 6) is -5.36. The van der Waals surface area contributed by atoms with E-state index in [1.807, 2.05) is 0 Å². The molecule has 1 rings (SSSR count). The summed E-state index contributed by atoms with van der Waals surface area (Å²) in [6.45, 7) is 4.13. The molecule has 6 atom stereocenters. The van der Waals surface area contributed by atoms with Gasteiger partial charge in [-0.3, -0.25) is 23.9 Å². The molecule has 0 saturated heterocycles. The molecule has 1 aromatic heterocycles. The summed E-state index contributed by atoms with van der Waals surface area (Å²) in [5.41, 5.74) is -2.83. The highest BCUT2D eigenvalue weighted by Crippen LogP contribution is 2.41. The zero-order valence-electron chi connectivity index (χ0n) is 23.1. The Morgan fingerprint density at radius 2 is 1.44 bits per heavy atom. The maximum Gasteiger partial charge on any atom is 0.330 e. The number of aliphatic hydroxyl groups is 3. The molecule has 236 valence electrons. The molecule has 0 radical (unpaired) electrons. The van der Waals surface area contributed by atoms with Crippen molar-refractivity contribution in [2.75, 3.05) is 6.61 Å². The number of alkyl halides is 2. The first-order valence-corrected chi connectivity index (χ1v) is 15.1. The number of nitrogens with one attached hydrogen (secondary N) is 3. The van der Waals surface area contributed by atoms with Crippen molar-refractivity contribution in [3.05, 3.63) is 32.9 Å². The average Bonchev–Trinajstić information content (AvgIpc) is 2.84. The van der Waals surface area contributed by atoms with Crippen LogP contribution in [0.2, 0.25) is 0 Å². The van der Waals surface area contributed by atoms with Crippen molar-refractivity contribution >= 4 is 30.3 Å². The van der Waals surface area contributed by atoms with Gasteiger partial charge in [0.25, 0.3) is 5.56 Å². The molecule has 0 aliphatic rings. The van der Waals surface area contributed by atoms with E-state index < -0.39 is 97.2 Å². The number of halogens is 3. The van der Waals surface area contributed by atoms with Gasteiger partial charge in [-0.25, -0.2) is 23.7 Å². The van der Waals surface area contributed by atoms with E-state index in [1.54, 1.807) is 27.7 Å². The largest absolute Gasteiger partial charge is 0.462 e. The summed E-state index contributed by atoms with van der Waals surface area (Å²) < 4.78 is 57.4. The lowest BCUT2D eigenvalue weighted by Gasteiger charge is -2.33. The molecule has 0 aliphatic heterocycles. The van der Waals surface area contributed by atoms with E-state index in [4.69, 9.17) is 25.8 Å². The van der Waals surface area contributed by atoms with Crippen molar-refractivity contribution < 1.29 is 52.1 Å². The fourth-order valence-electron chi connectivity index (χ4n) is 3.16. The molecule has 6 unspecified atom stereocenters. The second-order valence-electron chi connectivity index (χ2n) is 9.56. The smallest absolute Gasteiger partial charge is 0.330 e. The highest BCUT2D eigenvalue weighted by molar-refractivity contribution is 8.10. The van der Waals surface area contributed by atoms with Crippen LogP contribution in [0.15, 0.2) is 15.8 Å². The fourth-order valence-corrected chi connectivity index (χ4v) is 6.13. The Morgan fingerprint density at radius 1 is 0.976 bits per heavy atom. The molecule has 0 fully saturated rings. The van der Waals surface area contributed by atoms with Crippen LogP contribution in [0.5, 0.6) is 0 Å². The molecule has 0 bridgehead atoms. The number of nitrogens with zero attached hydrogens (tertiary/aromatic N) is 1. The molecule has 41 heavy (non-hydrogen) atoms. The third-order valence-corrected chi connectivity index (χ3v) is 8.13. The van der Waals surface area contributed by atoms with Crippen molar-refractivity contribution in [3.8, 4) is 0 Å². The number of esters is 2. The van der Waals surface area contributed by atoms with E-state index >= 15 is 0 Å². The first-order chi connectivity index (χ1) is 18.8. The topological polar surface area (TPSA) is 201 Å². The predicted octanol–water partition coefficient (Wildman–Crippen LogP) is -0.130. The molecular formula is C22H36F3N4O10PS. The van der Waals surface area contributed by atoms with E-state index in [2.05, 4.69) is 10.2 Å². The fraction of sp³-hybridized carbons (Fsp3) is 0.727. The highest BCUT2D eigenvalue weighted by Gasteiger charge is 2.40. The van der Waals surface area contributed by atoms with Crippen LogP contribution in [-0.4, -0.2) is 86.3 Å². The Bertz CT molecular complexity index is 1170. The molecular weight excluding hydrogens is 600 g/mol. The van der Waals surface area contributed by atoms with E-state index in [1.165, 1.54) is 18.8 Å². The number of carbonyl (C=O) groups excluding carboxylic acids is 2. The number of aliphatic hydroxyl groups excluding tert-OH is 3. The van der Waals surface area contributed by atoms with Gasteiger partial charge in [-0.05, 0) is 53.3 Å². The summed E-state index contributed by atoms with van der Waals surface area (Å²) in [7, 11) is 0. The van der Waals surface area contributed by atoms with Crippen molar-refractivity contribution in [3.63, 3.8) is 0 Å². The number of hydrogen-bond donors (Lipinski definition) is 6. The zero-order chi connectivity index (χ0) is 31.8. The van der Waals surface area contributed by atoms with Gasteiger partial charge in [0.2, 0.25) is 12.2 Å². The monoisotopic (exact) mass is 636 g/mol.